The van der Waals surface area contributed by atoms with Gasteiger partial charge in [-0.1, -0.05) is 35.9 Å². The summed E-state index contributed by atoms with van der Waals surface area (Å²) in [7, 11) is 0. The number of nitrogens with zero attached hydrogens (tertiary/aromatic N) is 2. The molecule has 2 heterocycles. The van der Waals surface area contributed by atoms with Gasteiger partial charge in [0, 0.05) is 29.7 Å². The molecule has 4 rings (SSSR count). The van der Waals surface area contributed by atoms with E-state index in [0.717, 1.165) is 36.2 Å². The molecule has 1 unspecified atom stereocenters. The fraction of sp³-hybridized carbons (Fsp3) is 0.435. The molecule has 1 atom stereocenters. The van der Waals surface area contributed by atoms with E-state index >= 15 is 0 Å². The minimum absolute atomic E-state index is 0.0631. The molecule has 2 aliphatic rings. The van der Waals surface area contributed by atoms with Crippen molar-refractivity contribution in [3.8, 4) is 0 Å². The first-order valence-corrected chi connectivity index (χ1v) is 10.6. The van der Waals surface area contributed by atoms with Crippen LogP contribution in [0, 0.1) is 18.3 Å². The summed E-state index contributed by atoms with van der Waals surface area (Å²) in [5.74, 6) is 0.289. The Morgan fingerprint density at radius 1 is 1.17 bits per heavy atom. The smallest absolute Gasteiger partial charge is 0.227 e. The van der Waals surface area contributed by atoms with Crippen molar-refractivity contribution < 1.29 is 9.59 Å². The number of hydrogen-bond donors (Lipinski definition) is 1. The molecule has 1 aromatic heterocycles. The number of carbonyl (C=O) groups is 2. The van der Waals surface area contributed by atoms with E-state index < -0.39 is 0 Å². The Hall–Kier alpha value is -2.40. The predicted molar refractivity (Wildman–Crippen MR) is 112 cm³/mol. The number of nitrogens with one attached hydrogen (secondary N) is 1. The van der Waals surface area contributed by atoms with Gasteiger partial charge in [-0.3, -0.25) is 14.6 Å². The van der Waals surface area contributed by atoms with Crippen LogP contribution in [0.3, 0.4) is 0 Å². The lowest BCUT2D eigenvalue weighted by molar-refractivity contribution is -0.132. The molecule has 29 heavy (non-hydrogen) atoms. The van der Waals surface area contributed by atoms with Gasteiger partial charge in [-0.2, -0.15) is 0 Å². The number of likely N-dealkylation sites (tertiary alicyclic amines) is 1. The highest BCUT2D eigenvalue weighted by molar-refractivity contribution is 6.31. The third-order valence-corrected chi connectivity index (χ3v) is 6.68. The number of benzene rings is 1. The monoisotopic (exact) mass is 411 g/mol. The van der Waals surface area contributed by atoms with Gasteiger partial charge in [-0.15, -0.1) is 0 Å². The quantitative estimate of drug-likeness (QED) is 0.818. The second-order valence-corrected chi connectivity index (χ2v) is 8.66. The first-order valence-electron chi connectivity index (χ1n) is 10.2. The van der Waals surface area contributed by atoms with Crippen LogP contribution in [0.25, 0.3) is 0 Å². The first kappa shape index (κ1) is 19.9. The maximum absolute atomic E-state index is 12.6. The molecule has 2 fully saturated rings. The Labute approximate surface area is 176 Å². The fourth-order valence-corrected chi connectivity index (χ4v) is 4.59. The summed E-state index contributed by atoms with van der Waals surface area (Å²) in [4.78, 5) is 31.6. The molecule has 1 aliphatic carbocycles. The highest BCUT2D eigenvalue weighted by Crippen LogP contribution is 2.59. The number of rotatable bonds is 5. The molecule has 1 saturated heterocycles. The lowest BCUT2D eigenvalue weighted by atomic mass is 9.90. The molecule has 0 bridgehead atoms. The summed E-state index contributed by atoms with van der Waals surface area (Å²) in [6.45, 7) is 3.84. The molecular weight excluding hydrogens is 386 g/mol. The second kappa shape index (κ2) is 8.15. The van der Waals surface area contributed by atoms with Crippen LogP contribution in [0.1, 0.15) is 36.2 Å². The van der Waals surface area contributed by atoms with Crippen molar-refractivity contribution in [2.24, 2.45) is 11.3 Å². The first-order chi connectivity index (χ1) is 14.0. The third-order valence-electron chi connectivity index (χ3n) is 6.31. The number of pyridine rings is 1. The van der Waals surface area contributed by atoms with Gasteiger partial charge in [-0.25, -0.2) is 0 Å². The highest BCUT2D eigenvalue weighted by Gasteiger charge is 2.58. The van der Waals surface area contributed by atoms with Crippen LogP contribution in [0.2, 0.25) is 5.02 Å². The Morgan fingerprint density at radius 3 is 2.66 bits per heavy atom. The maximum Gasteiger partial charge on any atom is 0.227 e. The zero-order valence-corrected chi connectivity index (χ0v) is 17.4. The number of aryl methyl sites for hydroxylation is 1. The summed E-state index contributed by atoms with van der Waals surface area (Å²) < 4.78 is 0. The molecule has 1 N–H and O–H groups in total. The molecule has 1 aliphatic heterocycles. The molecule has 1 spiro atoms. The SMILES string of the molecule is Cc1cccc(CNC(=O)C2CC23CCN(C(=O)Cc2ccccc2Cl)CC3)n1. The van der Waals surface area contributed by atoms with E-state index in [9.17, 15) is 9.59 Å². The lowest BCUT2D eigenvalue weighted by Gasteiger charge is -2.33. The molecule has 0 radical (unpaired) electrons. The van der Waals surface area contributed by atoms with Crippen molar-refractivity contribution in [1.29, 1.82) is 0 Å². The second-order valence-electron chi connectivity index (χ2n) is 8.26. The van der Waals surface area contributed by atoms with Gasteiger partial charge in [-0.05, 0) is 55.4 Å². The summed E-state index contributed by atoms with van der Waals surface area (Å²) in [6.07, 6.45) is 3.04. The normalized spacial score (nSPS) is 19.8. The standard InChI is InChI=1S/C23H26ClN3O2/c1-16-5-4-7-18(26-16)15-25-22(29)19-14-23(19)9-11-27(12-10-23)21(28)13-17-6-2-3-8-20(17)24/h2-8,19H,9-15H2,1H3,(H,25,29). The van der Waals surface area contributed by atoms with Gasteiger partial charge in [0.25, 0.3) is 0 Å². The molecule has 1 aromatic carbocycles. The van der Waals surface area contributed by atoms with Gasteiger partial charge in [0.1, 0.15) is 0 Å². The summed E-state index contributed by atoms with van der Waals surface area (Å²) in [5.41, 5.74) is 2.78. The van der Waals surface area contributed by atoms with Crippen LogP contribution >= 0.6 is 11.6 Å². The van der Waals surface area contributed by atoms with E-state index in [1.165, 1.54) is 0 Å². The molecule has 1 saturated carbocycles. The number of halogens is 1. The molecule has 2 aromatic rings. The minimum Gasteiger partial charge on any atom is -0.350 e. The van der Waals surface area contributed by atoms with E-state index in [2.05, 4.69) is 10.3 Å². The van der Waals surface area contributed by atoms with Gasteiger partial charge < -0.3 is 10.2 Å². The van der Waals surface area contributed by atoms with E-state index in [4.69, 9.17) is 11.6 Å². The molecule has 2 amide bonds. The number of carbonyl (C=O) groups excluding carboxylic acids is 2. The van der Waals surface area contributed by atoms with Crippen molar-refractivity contribution in [1.82, 2.24) is 15.2 Å². The average molecular weight is 412 g/mol. The number of amides is 2. The molecule has 6 heteroatoms. The highest BCUT2D eigenvalue weighted by atomic mass is 35.5. The van der Waals surface area contributed by atoms with E-state index in [1.807, 2.05) is 54.3 Å². The number of hydrogen-bond acceptors (Lipinski definition) is 3. The van der Waals surface area contributed by atoms with Crippen molar-refractivity contribution in [3.63, 3.8) is 0 Å². The van der Waals surface area contributed by atoms with Gasteiger partial charge >= 0.3 is 0 Å². The van der Waals surface area contributed by atoms with Crippen molar-refractivity contribution in [2.75, 3.05) is 13.1 Å². The molecule has 152 valence electrons. The number of aromatic nitrogens is 1. The Kier molecular flexibility index (Phi) is 5.59. The van der Waals surface area contributed by atoms with E-state index in [-0.39, 0.29) is 23.1 Å². The Bertz CT molecular complexity index is 922. The minimum atomic E-state index is 0.0631. The predicted octanol–water partition coefficient (Wildman–Crippen LogP) is 3.53. The fourth-order valence-electron chi connectivity index (χ4n) is 4.39. The van der Waals surface area contributed by atoms with Gasteiger partial charge in [0.2, 0.25) is 11.8 Å². The zero-order chi connectivity index (χ0) is 20.4. The van der Waals surface area contributed by atoms with Crippen molar-refractivity contribution in [3.05, 3.63) is 64.4 Å². The van der Waals surface area contributed by atoms with Crippen molar-refractivity contribution in [2.45, 2.75) is 39.2 Å². The maximum atomic E-state index is 12.6. The average Bonchev–Trinajstić information content (AvgIpc) is 3.41. The molecule has 5 nitrogen and oxygen atoms in total. The van der Waals surface area contributed by atoms with Gasteiger partial charge in [0.15, 0.2) is 0 Å². The Balaban J connectivity index is 1.26. The Morgan fingerprint density at radius 2 is 1.93 bits per heavy atom. The number of piperidine rings is 1. The summed E-state index contributed by atoms with van der Waals surface area (Å²) in [5, 5.41) is 3.67. The summed E-state index contributed by atoms with van der Waals surface area (Å²) >= 11 is 6.18. The largest absolute Gasteiger partial charge is 0.350 e. The van der Waals surface area contributed by atoms with Crippen LogP contribution in [0.4, 0.5) is 0 Å². The van der Waals surface area contributed by atoms with Crippen LogP contribution in [0.5, 0.6) is 0 Å². The molecular formula is C23H26ClN3O2. The van der Waals surface area contributed by atoms with Crippen LogP contribution in [-0.4, -0.2) is 34.8 Å². The van der Waals surface area contributed by atoms with E-state index in [1.54, 1.807) is 0 Å². The van der Waals surface area contributed by atoms with Crippen LogP contribution in [0.15, 0.2) is 42.5 Å². The van der Waals surface area contributed by atoms with Crippen LogP contribution < -0.4 is 5.32 Å². The zero-order valence-electron chi connectivity index (χ0n) is 16.7. The topological polar surface area (TPSA) is 62.3 Å². The lowest BCUT2D eigenvalue weighted by Crippen LogP contribution is -2.41. The van der Waals surface area contributed by atoms with Gasteiger partial charge in [0.05, 0.1) is 18.7 Å². The third kappa shape index (κ3) is 4.45. The van der Waals surface area contributed by atoms with Crippen molar-refractivity contribution >= 4 is 23.4 Å². The van der Waals surface area contributed by atoms with Crippen LogP contribution in [-0.2, 0) is 22.6 Å². The van der Waals surface area contributed by atoms with E-state index in [0.29, 0.717) is 31.1 Å². The summed E-state index contributed by atoms with van der Waals surface area (Å²) in [6, 6.07) is 13.3.